The predicted octanol–water partition coefficient (Wildman–Crippen LogP) is 7.03. The summed E-state index contributed by atoms with van der Waals surface area (Å²) in [6, 6.07) is 29.5. The summed E-state index contributed by atoms with van der Waals surface area (Å²) in [7, 11) is 1.69. The summed E-state index contributed by atoms with van der Waals surface area (Å²) >= 11 is 1.82. The second-order valence-electron chi connectivity index (χ2n) is 6.03. The van der Waals surface area contributed by atoms with Gasteiger partial charge in [0.25, 0.3) is 0 Å². The van der Waals surface area contributed by atoms with E-state index in [-0.39, 0.29) is 0 Å². The van der Waals surface area contributed by atoms with Gasteiger partial charge in [-0.3, -0.25) is 0 Å². The van der Waals surface area contributed by atoms with Gasteiger partial charge < -0.3 is 4.74 Å². The fraction of sp³-hybridized carbons (Fsp3) is 0.0417. The Hall–Kier alpha value is -2.97. The molecular weight excluding hydrogens is 336 g/mol. The number of rotatable bonds is 4. The summed E-state index contributed by atoms with van der Waals surface area (Å²) in [6.45, 7) is 0. The van der Waals surface area contributed by atoms with Gasteiger partial charge in [0.15, 0.2) is 0 Å². The van der Waals surface area contributed by atoms with Gasteiger partial charge in [-0.15, -0.1) is 0 Å². The average Bonchev–Trinajstić information content (AvgIpc) is 2.72. The topological polar surface area (TPSA) is 9.23 Å². The van der Waals surface area contributed by atoms with E-state index >= 15 is 0 Å². The highest BCUT2D eigenvalue weighted by Gasteiger charge is 2.16. The molecule has 4 rings (SSSR count). The van der Waals surface area contributed by atoms with Crippen molar-refractivity contribution in [1.29, 1.82) is 0 Å². The summed E-state index contributed by atoms with van der Waals surface area (Å²) < 4.78 is 6.53. The molecule has 0 atom stereocenters. The van der Waals surface area contributed by atoms with Gasteiger partial charge in [0, 0.05) is 23.1 Å². The largest absolute Gasteiger partial charge is 0.497 e. The van der Waals surface area contributed by atoms with Gasteiger partial charge in [-0.25, -0.2) is 0 Å². The quantitative estimate of drug-likeness (QED) is 0.357. The highest BCUT2D eigenvalue weighted by Crippen LogP contribution is 2.34. The maximum Gasteiger partial charge on any atom is 0.239 e. The third kappa shape index (κ3) is 3.51. The SMILES string of the molecule is COc1ccc(/C=C/c2[s+]c3ccccc3cc2-c2ccccc2)cc1. The zero-order valence-corrected chi connectivity index (χ0v) is 15.4. The molecule has 0 saturated carbocycles. The van der Waals surface area contributed by atoms with E-state index in [0.29, 0.717) is 0 Å². The summed E-state index contributed by atoms with van der Waals surface area (Å²) in [5.41, 5.74) is 3.66. The fourth-order valence-corrected chi connectivity index (χ4v) is 4.00. The van der Waals surface area contributed by atoms with E-state index in [1.807, 2.05) is 23.5 Å². The zero-order chi connectivity index (χ0) is 17.8. The van der Waals surface area contributed by atoms with Crippen LogP contribution in [0.2, 0.25) is 0 Å². The number of benzene rings is 3. The minimum atomic E-state index is 0.876. The van der Waals surface area contributed by atoms with E-state index in [1.165, 1.54) is 26.1 Å². The van der Waals surface area contributed by atoms with Crippen molar-refractivity contribution in [1.82, 2.24) is 0 Å². The molecule has 0 aliphatic carbocycles. The van der Waals surface area contributed by atoms with Gasteiger partial charge in [0.2, 0.25) is 20.9 Å². The third-order valence-corrected chi connectivity index (χ3v) is 5.50. The molecule has 0 bridgehead atoms. The maximum atomic E-state index is 5.24. The molecule has 0 aliphatic rings. The van der Waals surface area contributed by atoms with Crippen molar-refractivity contribution in [3.63, 3.8) is 0 Å². The smallest absolute Gasteiger partial charge is 0.239 e. The van der Waals surface area contributed by atoms with Crippen molar-refractivity contribution in [2.24, 2.45) is 0 Å². The summed E-state index contributed by atoms with van der Waals surface area (Å²) in [6.07, 6.45) is 4.37. The van der Waals surface area contributed by atoms with Crippen molar-refractivity contribution in [2.45, 2.75) is 0 Å². The second kappa shape index (κ2) is 7.51. The molecule has 126 valence electrons. The van der Waals surface area contributed by atoms with Crippen LogP contribution >= 0.6 is 11.3 Å². The Morgan fingerprint density at radius 3 is 2.27 bits per heavy atom. The van der Waals surface area contributed by atoms with Crippen LogP contribution in [-0.2, 0) is 0 Å². The molecule has 0 spiro atoms. The molecule has 0 fully saturated rings. The maximum absolute atomic E-state index is 5.24. The van der Waals surface area contributed by atoms with Gasteiger partial charge in [-0.2, -0.15) is 0 Å². The van der Waals surface area contributed by atoms with Crippen LogP contribution in [0.4, 0.5) is 0 Å². The molecular formula is C24H19OS+. The van der Waals surface area contributed by atoms with E-state index in [9.17, 15) is 0 Å². The fourth-order valence-electron chi connectivity index (χ4n) is 2.95. The molecule has 1 nitrogen and oxygen atoms in total. The Kier molecular flexibility index (Phi) is 4.76. The number of hydrogen-bond donors (Lipinski definition) is 0. The summed E-state index contributed by atoms with van der Waals surface area (Å²) in [4.78, 5) is 1.26. The molecule has 4 aromatic rings. The first-order valence-corrected chi connectivity index (χ1v) is 9.38. The van der Waals surface area contributed by atoms with Crippen LogP contribution in [-0.4, -0.2) is 7.11 Å². The van der Waals surface area contributed by atoms with Gasteiger partial charge >= 0.3 is 0 Å². The summed E-state index contributed by atoms with van der Waals surface area (Å²) in [5, 5.41) is 1.28. The second-order valence-corrected chi connectivity index (χ2v) is 7.12. The Morgan fingerprint density at radius 2 is 1.50 bits per heavy atom. The van der Waals surface area contributed by atoms with Gasteiger partial charge in [0.1, 0.15) is 5.75 Å². The molecule has 0 aliphatic heterocycles. The first kappa shape index (κ1) is 16.5. The first-order chi connectivity index (χ1) is 12.8. The lowest BCUT2D eigenvalue weighted by molar-refractivity contribution is 0.415. The highest BCUT2D eigenvalue weighted by molar-refractivity contribution is 7.19. The Balaban J connectivity index is 1.80. The minimum Gasteiger partial charge on any atom is -0.497 e. The molecule has 0 radical (unpaired) electrons. The van der Waals surface area contributed by atoms with E-state index in [2.05, 4.69) is 84.9 Å². The normalized spacial score (nSPS) is 11.1. The van der Waals surface area contributed by atoms with Crippen molar-refractivity contribution in [3.8, 4) is 16.9 Å². The minimum absolute atomic E-state index is 0.876. The van der Waals surface area contributed by atoms with Gasteiger partial charge in [0.05, 0.1) is 7.11 Å². The van der Waals surface area contributed by atoms with Crippen LogP contribution in [0.15, 0.2) is 84.9 Å². The Labute approximate surface area is 157 Å². The monoisotopic (exact) mass is 355 g/mol. The molecule has 0 unspecified atom stereocenters. The molecule has 3 aromatic carbocycles. The predicted molar refractivity (Wildman–Crippen MR) is 114 cm³/mol. The third-order valence-electron chi connectivity index (χ3n) is 4.33. The molecule has 0 saturated heterocycles. The van der Waals surface area contributed by atoms with E-state index in [0.717, 1.165) is 11.3 Å². The van der Waals surface area contributed by atoms with Crippen LogP contribution < -0.4 is 4.74 Å². The van der Waals surface area contributed by atoms with Crippen molar-refractivity contribution in [3.05, 3.63) is 95.4 Å². The lowest BCUT2D eigenvalue weighted by atomic mass is 10.0. The van der Waals surface area contributed by atoms with E-state index in [4.69, 9.17) is 4.74 Å². The molecule has 1 aromatic heterocycles. The van der Waals surface area contributed by atoms with Crippen LogP contribution in [0.25, 0.3) is 33.4 Å². The van der Waals surface area contributed by atoms with Gasteiger partial charge in [-0.1, -0.05) is 54.6 Å². The first-order valence-electron chi connectivity index (χ1n) is 8.57. The average molecular weight is 355 g/mol. The van der Waals surface area contributed by atoms with Crippen molar-refractivity contribution in [2.75, 3.05) is 7.11 Å². The lowest BCUT2D eigenvalue weighted by Gasteiger charge is -2.02. The standard InChI is InChI=1S/C24H19OS/c1-25-21-14-11-18(12-15-21)13-16-24-22(19-7-3-2-4-8-19)17-20-9-5-6-10-23(20)26-24/h2-17H,1H3/q+1/b16-13+. The lowest BCUT2D eigenvalue weighted by Crippen LogP contribution is -1.83. The number of fused-ring (bicyclic) bond motifs is 1. The molecule has 0 N–H and O–H groups in total. The number of ether oxygens (including phenoxy) is 1. The summed E-state index contributed by atoms with van der Waals surface area (Å²) in [5.74, 6) is 0.876. The molecule has 1 heterocycles. The van der Waals surface area contributed by atoms with Crippen LogP contribution in [0.1, 0.15) is 10.4 Å². The number of methoxy groups -OCH3 is 1. The molecule has 2 heteroatoms. The van der Waals surface area contributed by atoms with Crippen molar-refractivity contribution >= 4 is 33.6 Å². The van der Waals surface area contributed by atoms with Crippen molar-refractivity contribution < 1.29 is 4.74 Å². The molecule has 0 amide bonds. The molecule has 26 heavy (non-hydrogen) atoms. The number of hydrogen-bond acceptors (Lipinski definition) is 1. The highest BCUT2D eigenvalue weighted by atomic mass is 32.1. The van der Waals surface area contributed by atoms with E-state index < -0.39 is 0 Å². The zero-order valence-electron chi connectivity index (χ0n) is 14.6. The van der Waals surface area contributed by atoms with Gasteiger partial charge in [-0.05, 0) is 41.5 Å². The van der Waals surface area contributed by atoms with Crippen LogP contribution in [0.5, 0.6) is 5.75 Å². The Morgan fingerprint density at radius 1 is 0.769 bits per heavy atom. The van der Waals surface area contributed by atoms with E-state index in [1.54, 1.807) is 7.11 Å². The van der Waals surface area contributed by atoms with Crippen LogP contribution in [0, 0.1) is 0 Å². The van der Waals surface area contributed by atoms with Crippen LogP contribution in [0.3, 0.4) is 0 Å². The Bertz CT molecular complexity index is 1050.